The molecule has 0 unspecified atom stereocenters. The fourth-order valence-electron chi connectivity index (χ4n) is 7.04. The number of rotatable bonds is 5. The van der Waals surface area contributed by atoms with E-state index in [1.54, 1.807) is 19.2 Å². The number of nitrogens with zero attached hydrogens (tertiary/aromatic N) is 3. The molecule has 0 radical (unpaired) electrons. The maximum atomic E-state index is 14.0. The summed E-state index contributed by atoms with van der Waals surface area (Å²) < 4.78 is 38.6. The normalized spacial score (nSPS) is 15.7. The predicted octanol–water partition coefficient (Wildman–Crippen LogP) is 7.59. The smallest absolute Gasteiger partial charge is 0.243 e. The van der Waals surface area contributed by atoms with Gasteiger partial charge in [0.15, 0.2) is 6.54 Å². The lowest BCUT2D eigenvalue weighted by Crippen LogP contribution is -2.33. The van der Waals surface area contributed by atoms with Gasteiger partial charge in [-0.25, -0.2) is 8.42 Å². The van der Waals surface area contributed by atoms with E-state index in [1.165, 1.54) is 26.8 Å². The molecule has 3 aliphatic heterocycles. The highest BCUT2D eigenvalue weighted by Gasteiger charge is 2.30. The Morgan fingerprint density at radius 1 is 0.804 bits per heavy atom. The first-order valence-electron chi connectivity index (χ1n) is 15.9. The Labute approximate surface area is 269 Å². The van der Waals surface area contributed by atoms with E-state index in [-0.39, 0.29) is 10.9 Å². The van der Waals surface area contributed by atoms with Crippen LogP contribution in [0.5, 0.6) is 0 Å². The third kappa shape index (κ3) is 4.57. The van der Waals surface area contributed by atoms with Crippen molar-refractivity contribution >= 4 is 38.1 Å². The van der Waals surface area contributed by atoms with Crippen molar-refractivity contribution < 1.29 is 12.8 Å². The third-order valence-corrected chi connectivity index (χ3v) is 11.7. The van der Waals surface area contributed by atoms with Crippen LogP contribution >= 0.6 is 0 Å². The lowest BCUT2D eigenvalue weighted by Gasteiger charge is -2.24. The molecule has 0 saturated heterocycles. The fraction of sp³-hybridized carbons (Fsp3) is 0.205. The second-order valence-electron chi connectivity index (χ2n) is 12.5. The van der Waals surface area contributed by atoms with Gasteiger partial charge in [-0.1, -0.05) is 54.6 Å². The molecule has 8 rings (SSSR count). The minimum Gasteiger partial charge on any atom is -0.456 e. The van der Waals surface area contributed by atoms with E-state index >= 15 is 0 Å². The van der Waals surface area contributed by atoms with Gasteiger partial charge in [0.05, 0.1) is 11.0 Å². The van der Waals surface area contributed by atoms with Crippen molar-refractivity contribution in [3.8, 4) is 22.5 Å². The zero-order valence-corrected chi connectivity index (χ0v) is 27.1. The number of para-hydroxylation sites is 2. The van der Waals surface area contributed by atoms with E-state index in [9.17, 15) is 8.42 Å². The third-order valence-electron chi connectivity index (χ3n) is 9.63. The molecule has 0 aromatic heterocycles. The SMILES string of the molecule is CC(C)N(C)S(=O)(=O)c1ccccc1-c1c2ccc(=[N+]3CCc4ccccc43)cc-2oc2cc(N3CCc4ccccc43)ccc12. The maximum absolute atomic E-state index is 14.0. The molecule has 4 aromatic rings. The first-order chi connectivity index (χ1) is 22.3. The highest BCUT2D eigenvalue weighted by Crippen LogP contribution is 2.44. The zero-order chi connectivity index (χ0) is 31.6. The Bertz CT molecular complexity index is 2300. The summed E-state index contributed by atoms with van der Waals surface area (Å²) in [6.07, 6.45) is 1.98. The number of sulfonamides is 1. The second-order valence-corrected chi connectivity index (χ2v) is 14.5. The summed E-state index contributed by atoms with van der Waals surface area (Å²) in [5.74, 6) is 0.716. The van der Waals surface area contributed by atoms with Crippen molar-refractivity contribution in [1.29, 1.82) is 0 Å². The number of fused-ring (bicyclic) bond motifs is 4. The molecule has 230 valence electrons. The van der Waals surface area contributed by atoms with E-state index in [0.717, 1.165) is 53.5 Å². The van der Waals surface area contributed by atoms with Crippen LogP contribution in [0.2, 0.25) is 0 Å². The molecule has 0 fully saturated rings. The molecule has 0 amide bonds. The molecule has 3 heterocycles. The number of hydrogen-bond donors (Lipinski definition) is 0. The average molecular weight is 627 g/mol. The summed E-state index contributed by atoms with van der Waals surface area (Å²) in [4.78, 5) is 2.62. The Balaban J connectivity index is 1.41. The zero-order valence-electron chi connectivity index (χ0n) is 26.3. The van der Waals surface area contributed by atoms with Gasteiger partial charge < -0.3 is 9.32 Å². The molecule has 0 saturated carbocycles. The van der Waals surface area contributed by atoms with E-state index in [1.807, 2.05) is 26.0 Å². The lowest BCUT2D eigenvalue weighted by atomic mass is 9.93. The van der Waals surface area contributed by atoms with Crippen LogP contribution in [-0.4, -0.2) is 38.9 Å². The number of anilines is 2. The average Bonchev–Trinajstić information content (AvgIpc) is 3.71. The fourth-order valence-corrected chi connectivity index (χ4v) is 8.60. The molecule has 0 bridgehead atoms. The highest BCUT2D eigenvalue weighted by molar-refractivity contribution is 7.89. The molecule has 4 aliphatic rings. The molecule has 1 aliphatic carbocycles. The first kappa shape index (κ1) is 28.7. The van der Waals surface area contributed by atoms with Crippen LogP contribution in [-0.2, 0) is 22.9 Å². The van der Waals surface area contributed by atoms with Crippen LogP contribution < -0.4 is 14.8 Å². The minimum atomic E-state index is -3.78. The van der Waals surface area contributed by atoms with Crippen molar-refractivity contribution in [2.45, 2.75) is 37.6 Å². The van der Waals surface area contributed by atoms with Crippen molar-refractivity contribution in [2.75, 3.05) is 25.0 Å². The van der Waals surface area contributed by atoms with Crippen LogP contribution in [0.25, 0.3) is 33.4 Å². The van der Waals surface area contributed by atoms with Crippen LogP contribution in [0, 0.1) is 0 Å². The van der Waals surface area contributed by atoms with E-state index in [0.29, 0.717) is 16.9 Å². The Hall–Kier alpha value is -4.72. The van der Waals surface area contributed by atoms with Crippen molar-refractivity contribution in [3.63, 3.8) is 0 Å². The summed E-state index contributed by atoms with van der Waals surface area (Å²) in [7, 11) is -2.13. The lowest BCUT2D eigenvalue weighted by molar-refractivity contribution is 0.411. The molecule has 0 N–H and O–H groups in total. The monoisotopic (exact) mass is 626 g/mol. The Kier molecular flexibility index (Phi) is 6.85. The van der Waals surface area contributed by atoms with Gasteiger partial charge in [0.2, 0.25) is 21.1 Å². The van der Waals surface area contributed by atoms with E-state index in [2.05, 4.69) is 94.4 Å². The van der Waals surface area contributed by atoms with Gasteiger partial charge >= 0.3 is 0 Å². The standard InChI is InChI=1S/C39H36N3O3S/c1-26(2)40(3)46(43,44)38-15-9-6-12-33(38)39-31-18-16-29(41-22-20-27-10-4-7-13-34(27)41)24-36(31)45-37-25-30(17-19-32(37)39)42-23-21-28-11-5-8-14-35(28)42/h4-19,24-26H,20-23H2,1-3H3/q+1. The van der Waals surface area contributed by atoms with Gasteiger partial charge in [-0.05, 0) is 56.2 Å². The molecule has 0 atom stereocenters. The summed E-state index contributed by atoms with van der Waals surface area (Å²) >= 11 is 0. The van der Waals surface area contributed by atoms with Crippen molar-refractivity contribution in [1.82, 2.24) is 8.88 Å². The van der Waals surface area contributed by atoms with E-state index in [4.69, 9.17) is 4.42 Å². The van der Waals surface area contributed by atoms with Crippen LogP contribution in [0.15, 0.2) is 119 Å². The second kappa shape index (κ2) is 11.0. The molecule has 0 spiro atoms. The minimum absolute atomic E-state index is 0.186. The summed E-state index contributed by atoms with van der Waals surface area (Å²) in [5.41, 5.74) is 9.26. The molecule has 7 heteroatoms. The maximum Gasteiger partial charge on any atom is 0.243 e. The molecular weight excluding hydrogens is 591 g/mol. The van der Waals surface area contributed by atoms with E-state index < -0.39 is 10.0 Å². The van der Waals surface area contributed by atoms with Gasteiger partial charge in [-0.3, -0.25) is 0 Å². The Morgan fingerprint density at radius 3 is 2.41 bits per heavy atom. The van der Waals surface area contributed by atoms with Crippen molar-refractivity contribution in [2.24, 2.45) is 0 Å². The van der Waals surface area contributed by atoms with Crippen LogP contribution in [0.4, 0.5) is 17.1 Å². The van der Waals surface area contributed by atoms with Gasteiger partial charge in [-0.15, -0.1) is 0 Å². The Morgan fingerprint density at radius 2 is 1.57 bits per heavy atom. The van der Waals surface area contributed by atoms with Gasteiger partial charge in [0.25, 0.3) is 0 Å². The summed E-state index contributed by atoms with van der Waals surface area (Å²) in [6, 6.07) is 36.9. The van der Waals surface area contributed by atoms with Gasteiger partial charge in [-0.2, -0.15) is 8.88 Å². The first-order valence-corrected chi connectivity index (χ1v) is 17.4. The summed E-state index contributed by atoms with van der Waals surface area (Å²) in [6.45, 7) is 5.57. The van der Waals surface area contributed by atoms with Gasteiger partial charge in [0.1, 0.15) is 11.3 Å². The highest BCUT2D eigenvalue weighted by atomic mass is 32.2. The molecule has 46 heavy (non-hydrogen) atoms. The topological polar surface area (TPSA) is 56.8 Å². The molecular formula is C39H36N3O3S+. The van der Waals surface area contributed by atoms with Crippen LogP contribution in [0.3, 0.4) is 0 Å². The number of hydrogen-bond acceptors (Lipinski definition) is 4. The summed E-state index contributed by atoms with van der Waals surface area (Å²) in [5, 5.41) is 1.93. The van der Waals surface area contributed by atoms with Crippen molar-refractivity contribution in [3.05, 3.63) is 126 Å². The largest absolute Gasteiger partial charge is 0.456 e. The predicted molar refractivity (Wildman–Crippen MR) is 185 cm³/mol. The van der Waals surface area contributed by atoms with Crippen LogP contribution in [0.1, 0.15) is 25.0 Å². The quantitative estimate of drug-likeness (QED) is 0.146. The van der Waals surface area contributed by atoms with Gasteiger partial charge in [0, 0.05) is 83.3 Å². The molecule has 6 nitrogen and oxygen atoms in total. The number of benzene rings is 5. The molecule has 4 aromatic carbocycles.